The molecule has 0 bridgehead atoms. The van der Waals surface area contributed by atoms with Gasteiger partial charge in [0.25, 0.3) is 0 Å². The molecule has 0 aliphatic heterocycles. The summed E-state index contributed by atoms with van der Waals surface area (Å²) in [6.45, 7) is 0. The van der Waals surface area contributed by atoms with Gasteiger partial charge in [-0.05, 0) is 35.9 Å². The van der Waals surface area contributed by atoms with Crippen LogP contribution in [0, 0.1) is 0 Å². The first kappa shape index (κ1) is 13.7. The Bertz CT molecular complexity index is 669. The fourth-order valence-corrected chi connectivity index (χ4v) is 2.97. The molecule has 0 heterocycles. The van der Waals surface area contributed by atoms with Gasteiger partial charge in [0.15, 0.2) is 0 Å². The van der Waals surface area contributed by atoms with Gasteiger partial charge in [-0.1, -0.05) is 29.8 Å². The third-order valence-corrected chi connectivity index (χ3v) is 4.01. The van der Waals surface area contributed by atoms with Gasteiger partial charge in [0.1, 0.15) is 0 Å². The molecule has 2 rings (SSSR count). The van der Waals surface area contributed by atoms with Crippen LogP contribution in [0.4, 0.5) is 11.4 Å². The predicted octanol–water partition coefficient (Wildman–Crippen LogP) is 2.86. The Morgan fingerprint density at radius 1 is 1.05 bits per heavy atom. The van der Waals surface area contributed by atoms with Gasteiger partial charge < -0.3 is 5.73 Å². The first-order valence-corrected chi connectivity index (χ1v) is 7.59. The molecule has 0 aromatic heterocycles. The summed E-state index contributed by atoms with van der Waals surface area (Å²) in [4.78, 5) is 0. The van der Waals surface area contributed by atoms with Crippen LogP contribution in [-0.4, -0.2) is 8.42 Å². The van der Waals surface area contributed by atoms with Gasteiger partial charge in [-0.3, -0.25) is 4.72 Å². The number of hydrogen-bond donors (Lipinski definition) is 2. The standard InChI is InChI=1S/C13H13ClN2O2S/c14-11-5-7-12(8-6-11)16-19(17,18)9-10-3-1-2-4-13(10)15/h1-8,16H,9,15H2. The molecule has 3 N–H and O–H groups in total. The Hall–Kier alpha value is -1.72. The molecule has 0 atom stereocenters. The minimum absolute atomic E-state index is 0.164. The number of nitrogen functional groups attached to an aromatic ring is 1. The van der Waals surface area contributed by atoms with E-state index >= 15 is 0 Å². The van der Waals surface area contributed by atoms with Gasteiger partial charge >= 0.3 is 0 Å². The number of nitrogens with one attached hydrogen (secondary N) is 1. The Balaban J connectivity index is 2.15. The van der Waals surface area contributed by atoms with Crippen molar-refractivity contribution in [1.82, 2.24) is 0 Å². The van der Waals surface area contributed by atoms with Gasteiger partial charge in [0.05, 0.1) is 5.75 Å². The van der Waals surface area contributed by atoms with E-state index in [1.165, 1.54) is 0 Å². The topological polar surface area (TPSA) is 72.2 Å². The highest BCUT2D eigenvalue weighted by Crippen LogP contribution is 2.18. The number of nitrogens with two attached hydrogens (primary N) is 1. The van der Waals surface area contributed by atoms with Gasteiger partial charge in [-0.15, -0.1) is 0 Å². The van der Waals surface area contributed by atoms with Crippen molar-refractivity contribution in [1.29, 1.82) is 0 Å². The highest BCUT2D eigenvalue weighted by atomic mass is 35.5. The first-order chi connectivity index (χ1) is 8.96. The average Bonchev–Trinajstić information content (AvgIpc) is 2.35. The van der Waals surface area contributed by atoms with E-state index in [2.05, 4.69) is 4.72 Å². The zero-order valence-electron chi connectivity index (χ0n) is 10.0. The summed E-state index contributed by atoms with van der Waals surface area (Å²) in [5.41, 5.74) is 7.24. The summed E-state index contributed by atoms with van der Waals surface area (Å²) < 4.78 is 26.5. The second kappa shape index (κ2) is 5.50. The van der Waals surface area contributed by atoms with Crippen LogP contribution in [0.5, 0.6) is 0 Å². The molecule has 0 unspecified atom stereocenters. The highest BCUT2D eigenvalue weighted by Gasteiger charge is 2.13. The molecule has 0 radical (unpaired) electrons. The molecule has 4 nitrogen and oxygen atoms in total. The van der Waals surface area contributed by atoms with Crippen molar-refractivity contribution in [3.8, 4) is 0 Å². The smallest absolute Gasteiger partial charge is 0.236 e. The zero-order chi connectivity index (χ0) is 13.9. The lowest BCUT2D eigenvalue weighted by atomic mass is 10.2. The molecule has 100 valence electrons. The number of anilines is 2. The second-order valence-corrected chi connectivity index (χ2v) is 6.23. The van der Waals surface area contributed by atoms with Gasteiger partial charge in [-0.25, -0.2) is 8.42 Å². The molecule has 2 aromatic rings. The quantitative estimate of drug-likeness (QED) is 0.852. The minimum atomic E-state index is -3.50. The third kappa shape index (κ3) is 3.87. The molecule has 2 aromatic carbocycles. The number of halogens is 1. The zero-order valence-corrected chi connectivity index (χ0v) is 11.6. The summed E-state index contributed by atoms with van der Waals surface area (Å²) >= 11 is 5.74. The number of para-hydroxylation sites is 1. The molecule has 0 aliphatic carbocycles. The predicted molar refractivity (Wildman–Crippen MR) is 78.6 cm³/mol. The van der Waals surface area contributed by atoms with Crippen molar-refractivity contribution >= 4 is 33.0 Å². The van der Waals surface area contributed by atoms with Crippen LogP contribution >= 0.6 is 11.6 Å². The van der Waals surface area contributed by atoms with Crippen molar-refractivity contribution < 1.29 is 8.42 Å². The van der Waals surface area contributed by atoms with Crippen LogP contribution < -0.4 is 10.5 Å². The van der Waals surface area contributed by atoms with Crippen molar-refractivity contribution in [2.75, 3.05) is 10.5 Å². The largest absolute Gasteiger partial charge is 0.398 e. The molecule has 6 heteroatoms. The van der Waals surface area contributed by atoms with Crippen molar-refractivity contribution in [3.05, 3.63) is 59.1 Å². The van der Waals surface area contributed by atoms with E-state index in [4.69, 9.17) is 17.3 Å². The Morgan fingerprint density at radius 3 is 2.32 bits per heavy atom. The van der Waals surface area contributed by atoms with Crippen molar-refractivity contribution in [3.63, 3.8) is 0 Å². The summed E-state index contributed by atoms with van der Waals surface area (Å²) in [6, 6.07) is 13.3. The monoisotopic (exact) mass is 296 g/mol. The van der Waals surface area contributed by atoms with Crippen LogP contribution in [-0.2, 0) is 15.8 Å². The average molecular weight is 297 g/mol. The first-order valence-electron chi connectivity index (χ1n) is 5.56. The molecule has 0 spiro atoms. The SMILES string of the molecule is Nc1ccccc1CS(=O)(=O)Nc1ccc(Cl)cc1. The van der Waals surface area contributed by atoms with E-state index in [0.29, 0.717) is 22.0 Å². The lowest BCUT2D eigenvalue weighted by Gasteiger charge is -2.09. The van der Waals surface area contributed by atoms with Crippen LogP contribution in [0.1, 0.15) is 5.56 Å². The Kier molecular flexibility index (Phi) is 3.97. The molecule has 0 amide bonds. The molecule has 0 fully saturated rings. The molecular weight excluding hydrogens is 284 g/mol. The lowest BCUT2D eigenvalue weighted by Crippen LogP contribution is -2.15. The van der Waals surface area contributed by atoms with Crippen molar-refractivity contribution in [2.24, 2.45) is 0 Å². The fraction of sp³-hybridized carbons (Fsp3) is 0.0769. The molecule has 0 saturated carbocycles. The summed E-state index contributed by atoms with van der Waals surface area (Å²) in [5, 5.41) is 0.551. The summed E-state index contributed by atoms with van der Waals surface area (Å²) in [5.74, 6) is -0.164. The van der Waals surface area contributed by atoms with Gasteiger partial charge in [0, 0.05) is 16.4 Å². The van der Waals surface area contributed by atoms with E-state index in [-0.39, 0.29) is 5.75 Å². The van der Waals surface area contributed by atoms with Gasteiger partial charge in [-0.2, -0.15) is 0 Å². The fourth-order valence-electron chi connectivity index (χ4n) is 1.60. The number of sulfonamides is 1. The van der Waals surface area contributed by atoms with Crippen LogP contribution in [0.25, 0.3) is 0 Å². The normalized spacial score (nSPS) is 11.2. The Morgan fingerprint density at radius 2 is 1.68 bits per heavy atom. The number of hydrogen-bond acceptors (Lipinski definition) is 3. The molecule has 0 aliphatic rings. The molecule has 19 heavy (non-hydrogen) atoms. The second-order valence-electron chi connectivity index (χ2n) is 4.07. The Labute approximate surface area is 117 Å². The number of rotatable bonds is 4. The van der Waals surface area contributed by atoms with E-state index < -0.39 is 10.0 Å². The van der Waals surface area contributed by atoms with E-state index in [0.717, 1.165) is 0 Å². The number of benzene rings is 2. The van der Waals surface area contributed by atoms with Crippen LogP contribution in [0.15, 0.2) is 48.5 Å². The third-order valence-electron chi connectivity index (χ3n) is 2.52. The maximum Gasteiger partial charge on any atom is 0.236 e. The molecular formula is C13H13ClN2O2S. The van der Waals surface area contributed by atoms with Crippen LogP contribution in [0.3, 0.4) is 0 Å². The van der Waals surface area contributed by atoms with Crippen LogP contribution in [0.2, 0.25) is 5.02 Å². The lowest BCUT2D eigenvalue weighted by molar-refractivity contribution is 0.600. The maximum atomic E-state index is 12.0. The molecule has 0 saturated heterocycles. The minimum Gasteiger partial charge on any atom is -0.398 e. The highest BCUT2D eigenvalue weighted by molar-refractivity contribution is 7.91. The van der Waals surface area contributed by atoms with E-state index in [9.17, 15) is 8.42 Å². The summed E-state index contributed by atoms with van der Waals surface area (Å²) in [6.07, 6.45) is 0. The van der Waals surface area contributed by atoms with Crippen molar-refractivity contribution in [2.45, 2.75) is 5.75 Å². The summed E-state index contributed by atoms with van der Waals surface area (Å²) in [7, 11) is -3.50. The van der Waals surface area contributed by atoms with Gasteiger partial charge in [0.2, 0.25) is 10.0 Å². The maximum absolute atomic E-state index is 12.0. The van der Waals surface area contributed by atoms with E-state index in [1.807, 2.05) is 0 Å². The van der Waals surface area contributed by atoms with E-state index in [1.54, 1.807) is 48.5 Å².